The van der Waals surface area contributed by atoms with Crippen LogP contribution in [0.5, 0.6) is 0 Å². The largest absolute Gasteiger partial charge is 0.444 e. The number of nitrogens with zero attached hydrogens (tertiary/aromatic N) is 1. The van der Waals surface area contributed by atoms with Crippen LogP contribution >= 0.6 is 0 Å². The molecular weight excluding hydrogens is 190 g/mol. The Morgan fingerprint density at radius 1 is 1.20 bits per heavy atom. The molecule has 0 radical (unpaired) electrons. The molecule has 0 aromatic rings. The smallest absolute Gasteiger partial charge is 0.410 e. The van der Waals surface area contributed by atoms with Gasteiger partial charge in [-0.1, -0.05) is 0 Å². The number of carbonyl (C=O) groups excluding carboxylic acids is 1. The highest BCUT2D eigenvalue weighted by Crippen LogP contribution is 2.35. The van der Waals surface area contributed by atoms with Crippen LogP contribution in [0.25, 0.3) is 0 Å². The standard InChI is InChI=1S/C12H21NO2/c1-12(2,3)15-11(14)13-8-9-4-6-10(13)7-5-9/h9-10H,4-8H2,1-3H3. The first-order chi connectivity index (χ1) is 6.96. The minimum atomic E-state index is -0.367. The first-order valence-electron chi connectivity index (χ1n) is 5.95. The van der Waals surface area contributed by atoms with Crippen molar-refractivity contribution in [2.24, 2.45) is 5.92 Å². The van der Waals surface area contributed by atoms with Gasteiger partial charge in [0.2, 0.25) is 0 Å². The first-order valence-corrected chi connectivity index (χ1v) is 5.95. The zero-order valence-electron chi connectivity index (χ0n) is 9.95. The minimum Gasteiger partial charge on any atom is -0.444 e. The Bertz CT molecular complexity index is 249. The number of fused-ring (bicyclic) bond motifs is 3. The second kappa shape index (κ2) is 3.69. The van der Waals surface area contributed by atoms with Crippen molar-refractivity contribution < 1.29 is 9.53 Å². The van der Waals surface area contributed by atoms with Crippen LogP contribution in [0.3, 0.4) is 0 Å². The highest BCUT2D eigenvalue weighted by molar-refractivity contribution is 5.68. The Labute approximate surface area is 91.8 Å². The summed E-state index contributed by atoms with van der Waals surface area (Å²) in [5, 5.41) is 0. The summed E-state index contributed by atoms with van der Waals surface area (Å²) in [6.45, 7) is 6.69. The van der Waals surface area contributed by atoms with Gasteiger partial charge in [-0.05, 0) is 52.4 Å². The molecule has 0 spiro atoms. The summed E-state index contributed by atoms with van der Waals surface area (Å²) < 4.78 is 5.42. The first kappa shape index (κ1) is 10.8. The van der Waals surface area contributed by atoms with Crippen molar-refractivity contribution in [1.82, 2.24) is 4.90 Å². The number of ether oxygens (including phenoxy) is 1. The van der Waals surface area contributed by atoms with Crippen molar-refractivity contribution in [3.05, 3.63) is 0 Å². The van der Waals surface area contributed by atoms with Gasteiger partial charge in [0.05, 0.1) is 0 Å². The van der Waals surface area contributed by atoms with Crippen LogP contribution < -0.4 is 0 Å². The van der Waals surface area contributed by atoms with E-state index in [0.29, 0.717) is 6.04 Å². The van der Waals surface area contributed by atoms with Gasteiger partial charge in [0.1, 0.15) is 5.60 Å². The topological polar surface area (TPSA) is 29.5 Å². The Kier molecular flexibility index (Phi) is 2.65. The van der Waals surface area contributed by atoms with Crippen LogP contribution in [0, 0.1) is 5.92 Å². The SMILES string of the molecule is CC(C)(C)OC(=O)N1CC2CCC1CC2. The maximum atomic E-state index is 11.9. The average Bonchev–Trinajstić information content (AvgIpc) is 2.17. The van der Waals surface area contributed by atoms with E-state index in [0.717, 1.165) is 12.5 Å². The molecule has 3 heteroatoms. The molecule has 0 atom stereocenters. The fourth-order valence-electron chi connectivity index (χ4n) is 2.61. The van der Waals surface area contributed by atoms with Gasteiger partial charge in [-0.3, -0.25) is 0 Å². The number of hydrogen-bond donors (Lipinski definition) is 0. The van der Waals surface area contributed by atoms with E-state index in [-0.39, 0.29) is 11.7 Å². The molecule has 1 aliphatic carbocycles. The molecule has 2 heterocycles. The zero-order valence-corrected chi connectivity index (χ0v) is 9.95. The summed E-state index contributed by atoms with van der Waals surface area (Å²) in [6, 6.07) is 0.449. The molecule has 2 bridgehead atoms. The molecule has 3 fully saturated rings. The minimum absolute atomic E-state index is 0.114. The van der Waals surface area contributed by atoms with E-state index < -0.39 is 0 Å². The maximum absolute atomic E-state index is 11.9. The van der Waals surface area contributed by atoms with Crippen molar-refractivity contribution in [3.8, 4) is 0 Å². The highest BCUT2D eigenvalue weighted by Gasteiger charge is 2.38. The third kappa shape index (κ3) is 2.44. The van der Waals surface area contributed by atoms with Gasteiger partial charge in [-0.15, -0.1) is 0 Å². The van der Waals surface area contributed by atoms with Crippen molar-refractivity contribution in [3.63, 3.8) is 0 Å². The second-order valence-corrected chi connectivity index (χ2v) is 5.81. The normalized spacial score (nSPS) is 30.5. The summed E-state index contributed by atoms with van der Waals surface area (Å²) in [5.74, 6) is 0.725. The Morgan fingerprint density at radius 3 is 2.20 bits per heavy atom. The van der Waals surface area contributed by atoms with Crippen LogP contribution in [-0.4, -0.2) is 29.2 Å². The predicted molar refractivity (Wildman–Crippen MR) is 58.7 cm³/mol. The lowest BCUT2D eigenvalue weighted by molar-refractivity contribution is -0.0123. The Hall–Kier alpha value is -0.730. The van der Waals surface area contributed by atoms with E-state index >= 15 is 0 Å². The molecule has 2 aliphatic heterocycles. The molecule has 3 rings (SSSR count). The molecule has 0 unspecified atom stereocenters. The number of amides is 1. The summed E-state index contributed by atoms with van der Waals surface area (Å²) in [6.07, 6.45) is 4.82. The molecule has 0 aromatic heterocycles. The van der Waals surface area contributed by atoms with Crippen molar-refractivity contribution in [2.75, 3.05) is 6.54 Å². The summed E-state index contributed by atoms with van der Waals surface area (Å²) in [4.78, 5) is 13.9. The summed E-state index contributed by atoms with van der Waals surface area (Å²) in [5.41, 5.74) is -0.367. The molecule has 2 saturated heterocycles. The third-order valence-electron chi connectivity index (χ3n) is 3.34. The van der Waals surface area contributed by atoms with Gasteiger partial charge in [0.25, 0.3) is 0 Å². The fraction of sp³-hybridized carbons (Fsp3) is 0.917. The lowest BCUT2D eigenvalue weighted by Crippen LogP contribution is -2.52. The molecule has 86 valence electrons. The van der Waals surface area contributed by atoms with Crippen LogP contribution in [-0.2, 0) is 4.74 Å². The van der Waals surface area contributed by atoms with Gasteiger partial charge in [0, 0.05) is 12.6 Å². The molecule has 3 aliphatic rings. The summed E-state index contributed by atoms with van der Waals surface area (Å²) in [7, 11) is 0. The van der Waals surface area contributed by atoms with Crippen LogP contribution in [0.1, 0.15) is 46.5 Å². The van der Waals surface area contributed by atoms with Crippen LogP contribution in [0.4, 0.5) is 4.79 Å². The number of rotatable bonds is 0. The van der Waals surface area contributed by atoms with Crippen LogP contribution in [0.2, 0.25) is 0 Å². The predicted octanol–water partition coefficient (Wildman–Crippen LogP) is 2.80. The molecule has 1 saturated carbocycles. The Balaban J connectivity index is 1.96. The Morgan fingerprint density at radius 2 is 1.80 bits per heavy atom. The fourth-order valence-corrected chi connectivity index (χ4v) is 2.61. The van der Waals surface area contributed by atoms with Gasteiger partial charge < -0.3 is 9.64 Å². The third-order valence-corrected chi connectivity index (χ3v) is 3.34. The quantitative estimate of drug-likeness (QED) is 0.616. The summed E-state index contributed by atoms with van der Waals surface area (Å²) >= 11 is 0. The van der Waals surface area contributed by atoms with Gasteiger partial charge >= 0.3 is 6.09 Å². The molecular formula is C12H21NO2. The van der Waals surface area contributed by atoms with E-state index in [4.69, 9.17) is 4.74 Å². The van der Waals surface area contributed by atoms with Gasteiger partial charge in [-0.25, -0.2) is 4.79 Å². The van der Waals surface area contributed by atoms with E-state index in [1.807, 2.05) is 25.7 Å². The molecule has 1 amide bonds. The van der Waals surface area contributed by atoms with E-state index in [1.165, 1.54) is 25.7 Å². The van der Waals surface area contributed by atoms with Gasteiger partial charge in [-0.2, -0.15) is 0 Å². The van der Waals surface area contributed by atoms with E-state index in [1.54, 1.807) is 0 Å². The molecule has 0 aromatic carbocycles. The zero-order chi connectivity index (χ0) is 11.1. The molecule has 0 N–H and O–H groups in total. The van der Waals surface area contributed by atoms with Crippen molar-refractivity contribution in [1.29, 1.82) is 0 Å². The molecule has 3 nitrogen and oxygen atoms in total. The lowest BCUT2D eigenvalue weighted by atomic mass is 9.80. The number of hydrogen-bond acceptors (Lipinski definition) is 2. The second-order valence-electron chi connectivity index (χ2n) is 5.81. The molecule has 15 heavy (non-hydrogen) atoms. The van der Waals surface area contributed by atoms with E-state index in [9.17, 15) is 4.79 Å². The number of carbonyl (C=O) groups is 1. The van der Waals surface area contributed by atoms with Gasteiger partial charge in [0.15, 0.2) is 0 Å². The van der Waals surface area contributed by atoms with Crippen molar-refractivity contribution in [2.45, 2.75) is 58.1 Å². The maximum Gasteiger partial charge on any atom is 0.410 e. The average molecular weight is 211 g/mol. The van der Waals surface area contributed by atoms with E-state index in [2.05, 4.69) is 0 Å². The number of piperidine rings is 2. The monoisotopic (exact) mass is 211 g/mol. The highest BCUT2D eigenvalue weighted by atomic mass is 16.6. The lowest BCUT2D eigenvalue weighted by Gasteiger charge is -2.45. The van der Waals surface area contributed by atoms with Crippen molar-refractivity contribution >= 4 is 6.09 Å². The van der Waals surface area contributed by atoms with Crippen LogP contribution in [0.15, 0.2) is 0 Å².